The van der Waals surface area contributed by atoms with Gasteiger partial charge in [0.1, 0.15) is 0 Å². The minimum atomic E-state index is -0.674. The summed E-state index contributed by atoms with van der Waals surface area (Å²) in [7, 11) is 0. The van der Waals surface area contributed by atoms with E-state index in [1.165, 1.54) is 12.3 Å². The highest BCUT2D eigenvalue weighted by atomic mass is 16.6. The number of pyridine rings is 1. The van der Waals surface area contributed by atoms with Crippen LogP contribution >= 0.6 is 0 Å². The Bertz CT molecular complexity index is 930. The zero-order valence-corrected chi connectivity index (χ0v) is 12.3. The second-order valence-electron chi connectivity index (χ2n) is 5.07. The Morgan fingerprint density at radius 3 is 2.78 bits per heavy atom. The predicted molar refractivity (Wildman–Crippen MR) is 86.3 cm³/mol. The fourth-order valence-electron chi connectivity index (χ4n) is 2.34. The topological polar surface area (TPSA) is 91.5 Å². The van der Waals surface area contributed by atoms with Crippen LogP contribution in [0, 0.1) is 17.0 Å². The number of aryl methyl sites for hydroxylation is 1. The van der Waals surface area contributed by atoms with Crippen molar-refractivity contribution in [2.45, 2.75) is 6.92 Å². The Morgan fingerprint density at radius 2 is 2.00 bits per heavy atom. The number of aliphatic imine (C=N–C) groups is 1. The molecule has 0 N–H and O–H groups in total. The first-order chi connectivity index (χ1) is 11.1. The highest BCUT2D eigenvalue weighted by Crippen LogP contribution is 2.29. The van der Waals surface area contributed by atoms with Crippen LogP contribution in [0.1, 0.15) is 11.1 Å². The van der Waals surface area contributed by atoms with E-state index in [1.807, 2.05) is 24.3 Å². The van der Waals surface area contributed by atoms with Crippen molar-refractivity contribution < 1.29 is 10.0 Å². The van der Waals surface area contributed by atoms with E-state index >= 15 is 0 Å². The van der Waals surface area contributed by atoms with Gasteiger partial charge in [-0.25, -0.2) is 0 Å². The minimum absolute atomic E-state index is 0.185. The molecule has 0 aliphatic rings. The molecule has 0 bridgehead atoms. The van der Waals surface area contributed by atoms with Crippen LogP contribution in [0.25, 0.3) is 10.9 Å². The van der Waals surface area contributed by atoms with E-state index in [0.29, 0.717) is 16.8 Å². The molecule has 0 spiro atoms. The Kier molecular flexibility index (Phi) is 3.72. The van der Waals surface area contributed by atoms with Crippen molar-refractivity contribution in [3.05, 3.63) is 69.9 Å². The number of rotatable bonds is 3. The summed E-state index contributed by atoms with van der Waals surface area (Å²) >= 11 is 0. The summed E-state index contributed by atoms with van der Waals surface area (Å²) < 4.78 is 0. The van der Waals surface area contributed by atoms with Crippen molar-refractivity contribution in [1.29, 1.82) is 0 Å². The van der Waals surface area contributed by atoms with Crippen molar-refractivity contribution in [3.8, 4) is 5.75 Å². The molecular weight excluding hydrogens is 294 g/mol. The number of fused-ring (bicyclic) bond motifs is 1. The summed E-state index contributed by atoms with van der Waals surface area (Å²) in [6.07, 6.45) is 3.02. The average Bonchev–Trinajstić information content (AvgIpc) is 2.55. The van der Waals surface area contributed by atoms with E-state index in [0.717, 1.165) is 5.39 Å². The lowest BCUT2D eigenvalue weighted by molar-refractivity contribution is -0.398. The molecule has 0 aliphatic heterocycles. The molecule has 0 fully saturated rings. The summed E-state index contributed by atoms with van der Waals surface area (Å²) in [5, 5.41) is 24.0. The first kappa shape index (κ1) is 14.6. The van der Waals surface area contributed by atoms with Gasteiger partial charge in [0.2, 0.25) is 0 Å². The number of hydrogen-bond donors (Lipinski definition) is 0. The summed E-state index contributed by atoms with van der Waals surface area (Å²) in [6.45, 7) is 1.70. The van der Waals surface area contributed by atoms with Crippen LogP contribution in [0.4, 0.5) is 11.4 Å². The van der Waals surface area contributed by atoms with Crippen LogP contribution in [0.15, 0.2) is 53.7 Å². The lowest BCUT2D eigenvalue weighted by atomic mass is 10.1. The van der Waals surface area contributed by atoms with Gasteiger partial charge in [0.25, 0.3) is 5.69 Å². The molecule has 3 rings (SSSR count). The van der Waals surface area contributed by atoms with Gasteiger partial charge in [-0.05, 0) is 35.9 Å². The molecule has 0 amide bonds. The van der Waals surface area contributed by atoms with E-state index in [2.05, 4.69) is 9.98 Å². The lowest BCUT2D eigenvalue weighted by Crippen LogP contribution is -2.02. The van der Waals surface area contributed by atoms with E-state index in [1.54, 1.807) is 25.3 Å². The quantitative estimate of drug-likeness (QED) is 0.422. The average molecular weight is 306 g/mol. The molecule has 0 atom stereocenters. The maximum atomic E-state index is 12.1. The standard InChI is InChI=1S/C17H13N3O3/c1-11-8-13(17(21)15(9-11)20(22)23)10-19-14-6-2-4-12-5-3-7-18-16(12)14/h2-10,21H,1H3/p-1. The first-order valence-corrected chi connectivity index (χ1v) is 6.90. The van der Waals surface area contributed by atoms with Crippen molar-refractivity contribution in [1.82, 2.24) is 4.98 Å². The summed E-state index contributed by atoms with van der Waals surface area (Å²) in [5.74, 6) is -0.641. The van der Waals surface area contributed by atoms with Crippen LogP contribution in [0.5, 0.6) is 5.75 Å². The van der Waals surface area contributed by atoms with Crippen LogP contribution in [0.2, 0.25) is 0 Å². The van der Waals surface area contributed by atoms with Gasteiger partial charge < -0.3 is 5.11 Å². The monoisotopic (exact) mass is 306 g/mol. The van der Waals surface area contributed by atoms with E-state index < -0.39 is 16.4 Å². The molecule has 0 unspecified atom stereocenters. The number of nitro benzene ring substituents is 1. The Balaban J connectivity index is 2.08. The fourth-order valence-corrected chi connectivity index (χ4v) is 2.34. The number of hydrogen-bond acceptors (Lipinski definition) is 5. The molecule has 23 heavy (non-hydrogen) atoms. The number of nitro groups is 1. The molecule has 6 heteroatoms. The van der Waals surface area contributed by atoms with Gasteiger partial charge in [0.15, 0.2) is 0 Å². The zero-order valence-electron chi connectivity index (χ0n) is 12.3. The highest BCUT2D eigenvalue weighted by Gasteiger charge is 2.10. The molecule has 114 valence electrons. The molecule has 0 saturated carbocycles. The Morgan fingerprint density at radius 1 is 1.22 bits per heavy atom. The lowest BCUT2D eigenvalue weighted by Gasteiger charge is -2.11. The second-order valence-corrected chi connectivity index (χ2v) is 5.07. The molecule has 1 heterocycles. The van der Waals surface area contributed by atoms with E-state index in [-0.39, 0.29) is 5.56 Å². The molecule has 0 saturated heterocycles. The molecule has 3 aromatic rings. The van der Waals surface area contributed by atoms with Gasteiger partial charge in [-0.1, -0.05) is 24.3 Å². The molecule has 6 nitrogen and oxygen atoms in total. The third-order valence-electron chi connectivity index (χ3n) is 3.39. The highest BCUT2D eigenvalue weighted by molar-refractivity contribution is 5.93. The van der Waals surface area contributed by atoms with Gasteiger partial charge in [-0.3, -0.25) is 20.1 Å². The number of para-hydroxylation sites is 1. The van der Waals surface area contributed by atoms with E-state index in [4.69, 9.17) is 0 Å². The largest absolute Gasteiger partial charge is 0.867 e. The third kappa shape index (κ3) is 2.87. The van der Waals surface area contributed by atoms with Crippen molar-refractivity contribution in [3.63, 3.8) is 0 Å². The number of benzene rings is 2. The van der Waals surface area contributed by atoms with Gasteiger partial charge >= 0.3 is 0 Å². The molecule has 0 aliphatic carbocycles. The van der Waals surface area contributed by atoms with Gasteiger partial charge in [0.05, 0.1) is 16.1 Å². The number of aromatic nitrogens is 1. The molecule has 1 aromatic heterocycles. The van der Waals surface area contributed by atoms with Gasteiger partial charge in [0, 0.05) is 23.9 Å². The summed E-state index contributed by atoms with van der Waals surface area (Å²) in [5.41, 5.74) is 1.69. The maximum absolute atomic E-state index is 12.1. The third-order valence-corrected chi connectivity index (χ3v) is 3.39. The van der Waals surface area contributed by atoms with Crippen LogP contribution < -0.4 is 5.11 Å². The zero-order chi connectivity index (χ0) is 16.4. The number of nitrogens with zero attached hydrogens (tertiary/aromatic N) is 3. The Labute approximate surface area is 131 Å². The predicted octanol–water partition coefficient (Wildman–Crippen LogP) is 3.28. The van der Waals surface area contributed by atoms with Crippen molar-refractivity contribution in [2.75, 3.05) is 0 Å². The maximum Gasteiger partial charge on any atom is 0.262 e. The van der Waals surface area contributed by atoms with Gasteiger partial charge in [-0.15, -0.1) is 0 Å². The van der Waals surface area contributed by atoms with Crippen molar-refractivity contribution >= 4 is 28.5 Å². The summed E-state index contributed by atoms with van der Waals surface area (Å²) in [4.78, 5) is 18.8. The molecule has 0 radical (unpaired) electrons. The fraction of sp³-hybridized carbons (Fsp3) is 0.0588. The van der Waals surface area contributed by atoms with Gasteiger partial charge in [-0.2, -0.15) is 0 Å². The second kappa shape index (κ2) is 5.84. The first-order valence-electron chi connectivity index (χ1n) is 6.90. The molecule has 2 aromatic carbocycles. The molecular formula is C17H12N3O3-. The smallest absolute Gasteiger partial charge is 0.262 e. The minimum Gasteiger partial charge on any atom is -0.867 e. The van der Waals surface area contributed by atoms with E-state index in [9.17, 15) is 15.2 Å². The Hall–Kier alpha value is -3.28. The SMILES string of the molecule is Cc1cc(C=Nc2cccc3cccnc23)c([O-])c([N+](=O)[O-])c1. The normalized spacial score (nSPS) is 11.2. The van der Waals surface area contributed by atoms with Crippen molar-refractivity contribution in [2.24, 2.45) is 4.99 Å². The van der Waals surface area contributed by atoms with Crippen LogP contribution in [-0.4, -0.2) is 16.1 Å². The van der Waals surface area contributed by atoms with Crippen LogP contribution in [-0.2, 0) is 0 Å². The van der Waals surface area contributed by atoms with Crippen LogP contribution in [0.3, 0.4) is 0 Å². The summed E-state index contributed by atoms with van der Waals surface area (Å²) in [6, 6.07) is 12.1.